The summed E-state index contributed by atoms with van der Waals surface area (Å²) in [6, 6.07) is 13.3. The smallest absolute Gasteiger partial charge is 0.0213 e. The van der Waals surface area contributed by atoms with Gasteiger partial charge in [-0.2, -0.15) is 0 Å². The van der Waals surface area contributed by atoms with E-state index in [0.29, 0.717) is 0 Å². The molecule has 0 nitrogen and oxygen atoms in total. The van der Waals surface area contributed by atoms with Crippen LogP contribution in [0.1, 0.15) is 43.0 Å². The van der Waals surface area contributed by atoms with E-state index >= 15 is 0 Å². The van der Waals surface area contributed by atoms with Crippen molar-refractivity contribution in [2.24, 2.45) is 0 Å². The first kappa shape index (κ1) is 15.8. The second-order valence-electron chi connectivity index (χ2n) is 6.32. The standard InChI is InChI=1S/C18H20Br2/c1-12-5-6-13(10-16(12)19)9-14-7-8-15(11-17(14)20)18(2,3)4/h5-8,10-11H,9H2,1-4H3. The first-order chi connectivity index (χ1) is 9.27. The topological polar surface area (TPSA) is 0 Å². The van der Waals surface area contributed by atoms with Crippen LogP contribution in [-0.2, 0) is 11.8 Å². The molecule has 0 aliphatic heterocycles. The van der Waals surface area contributed by atoms with Gasteiger partial charge < -0.3 is 0 Å². The van der Waals surface area contributed by atoms with E-state index < -0.39 is 0 Å². The number of hydrogen-bond donors (Lipinski definition) is 0. The zero-order valence-corrected chi connectivity index (χ0v) is 15.6. The van der Waals surface area contributed by atoms with Gasteiger partial charge in [-0.05, 0) is 53.1 Å². The first-order valence-corrected chi connectivity index (χ1v) is 8.40. The second kappa shape index (κ2) is 6.03. The average molecular weight is 396 g/mol. The van der Waals surface area contributed by atoms with E-state index in [2.05, 4.69) is 96.0 Å². The highest BCUT2D eigenvalue weighted by atomic mass is 79.9. The van der Waals surface area contributed by atoms with Crippen LogP contribution < -0.4 is 0 Å². The molecule has 0 spiro atoms. The zero-order valence-electron chi connectivity index (χ0n) is 12.4. The van der Waals surface area contributed by atoms with Gasteiger partial charge in [0.15, 0.2) is 0 Å². The molecule has 0 radical (unpaired) electrons. The lowest BCUT2D eigenvalue weighted by molar-refractivity contribution is 0.589. The molecule has 0 aliphatic rings. The van der Waals surface area contributed by atoms with Gasteiger partial charge in [-0.15, -0.1) is 0 Å². The summed E-state index contributed by atoms with van der Waals surface area (Å²) in [7, 11) is 0. The zero-order chi connectivity index (χ0) is 14.9. The third kappa shape index (κ3) is 3.73. The molecule has 0 aliphatic carbocycles. The molecule has 0 heterocycles. The minimum absolute atomic E-state index is 0.188. The van der Waals surface area contributed by atoms with E-state index in [1.165, 1.54) is 31.2 Å². The SMILES string of the molecule is Cc1ccc(Cc2ccc(C(C)(C)C)cc2Br)cc1Br. The summed E-state index contributed by atoms with van der Waals surface area (Å²) < 4.78 is 2.37. The maximum Gasteiger partial charge on any atom is 0.0213 e. The molecule has 2 aromatic rings. The Kier molecular flexibility index (Phi) is 4.76. The summed E-state index contributed by atoms with van der Waals surface area (Å²) in [6.45, 7) is 8.84. The predicted molar refractivity (Wildman–Crippen MR) is 94.5 cm³/mol. The largest absolute Gasteiger partial charge is 0.0584 e. The Morgan fingerprint density at radius 2 is 1.60 bits per heavy atom. The molecule has 0 amide bonds. The van der Waals surface area contributed by atoms with Crippen molar-refractivity contribution < 1.29 is 0 Å². The molecule has 0 unspecified atom stereocenters. The fraction of sp³-hybridized carbons (Fsp3) is 0.333. The van der Waals surface area contributed by atoms with Gasteiger partial charge >= 0.3 is 0 Å². The van der Waals surface area contributed by atoms with Gasteiger partial charge in [0.1, 0.15) is 0 Å². The van der Waals surface area contributed by atoms with Crippen LogP contribution in [0, 0.1) is 6.92 Å². The summed E-state index contributed by atoms with van der Waals surface area (Å²) in [5.41, 5.74) is 5.48. The molecule has 0 atom stereocenters. The van der Waals surface area contributed by atoms with Crippen LogP contribution in [0.2, 0.25) is 0 Å². The van der Waals surface area contributed by atoms with Crippen molar-refractivity contribution in [3.63, 3.8) is 0 Å². The minimum atomic E-state index is 0.188. The van der Waals surface area contributed by atoms with Gasteiger partial charge in [0.05, 0.1) is 0 Å². The molecule has 0 aromatic heterocycles. The van der Waals surface area contributed by atoms with Gasteiger partial charge in [0.2, 0.25) is 0 Å². The fourth-order valence-electron chi connectivity index (χ4n) is 2.12. The van der Waals surface area contributed by atoms with Crippen molar-refractivity contribution in [1.29, 1.82) is 0 Å². The van der Waals surface area contributed by atoms with Crippen LogP contribution in [0.4, 0.5) is 0 Å². The fourth-order valence-corrected chi connectivity index (χ4v) is 3.07. The molecule has 0 saturated carbocycles. The van der Waals surface area contributed by atoms with Gasteiger partial charge in [0.25, 0.3) is 0 Å². The summed E-state index contributed by atoms with van der Waals surface area (Å²) in [4.78, 5) is 0. The van der Waals surface area contributed by atoms with Crippen molar-refractivity contribution in [2.75, 3.05) is 0 Å². The first-order valence-electron chi connectivity index (χ1n) is 6.81. The van der Waals surface area contributed by atoms with Crippen LogP contribution in [0.5, 0.6) is 0 Å². The Morgan fingerprint density at radius 3 is 2.15 bits per heavy atom. The summed E-state index contributed by atoms with van der Waals surface area (Å²) in [5, 5.41) is 0. The molecule has 0 bridgehead atoms. The van der Waals surface area contributed by atoms with Crippen molar-refractivity contribution in [1.82, 2.24) is 0 Å². The minimum Gasteiger partial charge on any atom is -0.0584 e. The molecule has 106 valence electrons. The van der Waals surface area contributed by atoms with E-state index in [0.717, 1.165) is 6.42 Å². The van der Waals surface area contributed by atoms with Crippen LogP contribution >= 0.6 is 31.9 Å². The van der Waals surface area contributed by atoms with E-state index in [1.54, 1.807) is 0 Å². The Bertz CT molecular complexity index is 622. The number of rotatable bonds is 2. The maximum atomic E-state index is 3.72. The van der Waals surface area contributed by atoms with Gasteiger partial charge in [-0.25, -0.2) is 0 Å². The third-order valence-corrected chi connectivity index (χ3v) is 5.14. The van der Waals surface area contributed by atoms with Crippen LogP contribution in [-0.4, -0.2) is 0 Å². The van der Waals surface area contributed by atoms with Gasteiger partial charge in [-0.1, -0.05) is 76.9 Å². The lowest BCUT2D eigenvalue weighted by atomic mass is 9.86. The van der Waals surface area contributed by atoms with Gasteiger partial charge in [-0.3, -0.25) is 0 Å². The van der Waals surface area contributed by atoms with Crippen molar-refractivity contribution in [3.8, 4) is 0 Å². The summed E-state index contributed by atoms with van der Waals surface area (Å²) >= 11 is 7.32. The highest BCUT2D eigenvalue weighted by molar-refractivity contribution is 9.10. The molecule has 20 heavy (non-hydrogen) atoms. The summed E-state index contributed by atoms with van der Waals surface area (Å²) in [5.74, 6) is 0. The van der Waals surface area contributed by atoms with Crippen LogP contribution in [0.3, 0.4) is 0 Å². The highest BCUT2D eigenvalue weighted by Gasteiger charge is 2.15. The lowest BCUT2D eigenvalue weighted by Crippen LogP contribution is -2.11. The lowest BCUT2D eigenvalue weighted by Gasteiger charge is -2.20. The molecule has 2 heteroatoms. The molecule has 0 N–H and O–H groups in total. The van der Waals surface area contributed by atoms with Crippen molar-refractivity contribution in [3.05, 3.63) is 67.6 Å². The Morgan fingerprint density at radius 1 is 0.900 bits per heavy atom. The van der Waals surface area contributed by atoms with Crippen molar-refractivity contribution >= 4 is 31.9 Å². The van der Waals surface area contributed by atoms with E-state index in [4.69, 9.17) is 0 Å². The predicted octanol–water partition coefficient (Wildman–Crippen LogP) is 6.41. The number of halogens is 2. The van der Waals surface area contributed by atoms with Crippen LogP contribution in [0.15, 0.2) is 45.3 Å². The molecular weight excluding hydrogens is 376 g/mol. The highest BCUT2D eigenvalue weighted by Crippen LogP contribution is 2.29. The number of benzene rings is 2. The van der Waals surface area contributed by atoms with E-state index in [-0.39, 0.29) is 5.41 Å². The average Bonchev–Trinajstić information content (AvgIpc) is 2.35. The Hall–Kier alpha value is -0.600. The third-order valence-electron chi connectivity index (χ3n) is 3.55. The normalized spacial score (nSPS) is 11.7. The quantitative estimate of drug-likeness (QED) is 0.551. The molecule has 0 fully saturated rings. The summed E-state index contributed by atoms with van der Waals surface area (Å²) in [6.07, 6.45) is 0.948. The number of hydrogen-bond acceptors (Lipinski definition) is 0. The Balaban J connectivity index is 2.28. The molecular formula is C18H20Br2. The molecule has 2 rings (SSSR count). The molecule has 2 aromatic carbocycles. The molecule has 0 saturated heterocycles. The number of aryl methyl sites for hydroxylation is 1. The maximum absolute atomic E-state index is 3.72. The Labute approximate surface area is 138 Å². The van der Waals surface area contributed by atoms with E-state index in [1.807, 2.05) is 0 Å². The van der Waals surface area contributed by atoms with Crippen molar-refractivity contribution in [2.45, 2.75) is 39.5 Å². The van der Waals surface area contributed by atoms with E-state index in [9.17, 15) is 0 Å². The monoisotopic (exact) mass is 394 g/mol. The van der Waals surface area contributed by atoms with Gasteiger partial charge in [0, 0.05) is 8.95 Å². The second-order valence-corrected chi connectivity index (χ2v) is 8.03. The van der Waals surface area contributed by atoms with Crippen LogP contribution in [0.25, 0.3) is 0 Å².